The Morgan fingerprint density at radius 3 is 2.10 bits per heavy atom. The molecule has 30 heavy (non-hydrogen) atoms. The Hall–Kier alpha value is -0.940. The molecule has 0 spiro atoms. The molecule has 0 aliphatic carbocycles. The molecule has 1 atom stereocenters. The largest absolute Gasteiger partial charge is 0.396 e. The van der Waals surface area contributed by atoms with Crippen LogP contribution in [-0.2, 0) is 6.42 Å². The molecule has 1 nitrogen and oxygen atoms in total. The summed E-state index contributed by atoms with van der Waals surface area (Å²) in [7, 11) is 0. The Labute approximate surface area is 194 Å². The van der Waals surface area contributed by atoms with Crippen LogP contribution in [0.2, 0.25) is 0 Å². The van der Waals surface area contributed by atoms with Gasteiger partial charge in [0.2, 0.25) is 0 Å². The van der Waals surface area contributed by atoms with E-state index in [1.165, 1.54) is 80.6 Å². The summed E-state index contributed by atoms with van der Waals surface area (Å²) in [6.07, 6.45) is 12.3. The van der Waals surface area contributed by atoms with Gasteiger partial charge in [0.1, 0.15) is 0 Å². The minimum absolute atomic E-state index is 0.325. The van der Waals surface area contributed by atoms with Crippen LogP contribution in [0.15, 0.2) is 36.4 Å². The zero-order valence-electron chi connectivity index (χ0n) is 18.5. The fourth-order valence-electron chi connectivity index (χ4n) is 3.91. The average molecular weight is 461 g/mol. The maximum absolute atomic E-state index is 8.98. The molecule has 0 amide bonds. The van der Waals surface area contributed by atoms with Crippen molar-refractivity contribution in [1.82, 2.24) is 0 Å². The maximum atomic E-state index is 8.98. The molecule has 164 valence electrons. The van der Waals surface area contributed by atoms with Crippen molar-refractivity contribution in [3.05, 3.63) is 46.2 Å². The average Bonchev–Trinajstić information content (AvgIpc) is 3.51. The van der Waals surface area contributed by atoms with Crippen molar-refractivity contribution in [2.24, 2.45) is 0 Å². The third-order valence-electron chi connectivity index (χ3n) is 5.76. The van der Waals surface area contributed by atoms with Crippen LogP contribution in [0.4, 0.5) is 0 Å². The highest BCUT2D eigenvalue weighted by atomic mass is 32.1. The van der Waals surface area contributed by atoms with Crippen LogP contribution >= 0.6 is 34.0 Å². The van der Waals surface area contributed by atoms with Crippen molar-refractivity contribution in [2.45, 2.75) is 84.0 Å². The van der Waals surface area contributed by atoms with Gasteiger partial charge in [-0.3, -0.25) is 0 Å². The number of thiophene rings is 3. The second-order valence-electron chi connectivity index (χ2n) is 8.12. The minimum atomic E-state index is 0.325. The number of aryl methyl sites for hydroxylation is 1. The molecule has 3 aromatic rings. The second-order valence-corrected chi connectivity index (χ2v) is 11.5. The smallest absolute Gasteiger partial charge is 0.0449 e. The van der Waals surface area contributed by atoms with Gasteiger partial charge < -0.3 is 5.11 Å². The summed E-state index contributed by atoms with van der Waals surface area (Å²) in [4.78, 5) is 8.68. The van der Waals surface area contributed by atoms with E-state index in [1.54, 1.807) is 0 Å². The van der Waals surface area contributed by atoms with Gasteiger partial charge in [0.05, 0.1) is 0 Å². The molecule has 0 aliphatic heterocycles. The normalized spacial score (nSPS) is 12.5. The molecular weight excluding hydrogens is 424 g/mol. The van der Waals surface area contributed by atoms with Gasteiger partial charge in [0, 0.05) is 35.9 Å². The lowest BCUT2D eigenvalue weighted by Gasteiger charge is -2.12. The first kappa shape index (κ1) is 23.7. The highest BCUT2D eigenvalue weighted by Gasteiger charge is 2.14. The van der Waals surface area contributed by atoms with Crippen molar-refractivity contribution in [3.63, 3.8) is 0 Å². The molecule has 0 aliphatic rings. The van der Waals surface area contributed by atoms with Gasteiger partial charge in [-0.1, -0.05) is 46.0 Å². The molecule has 4 heteroatoms. The number of hydrogen-bond acceptors (Lipinski definition) is 4. The molecule has 0 saturated carbocycles. The van der Waals surface area contributed by atoms with Crippen molar-refractivity contribution in [2.75, 3.05) is 6.61 Å². The third-order valence-corrected chi connectivity index (χ3v) is 9.63. The first-order valence-electron chi connectivity index (χ1n) is 11.6. The van der Waals surface area contributed by atoms with Crippen LogP contribution < -0.4 is 0 Å². The quantitative estimate of drug-likeness (QED) is 0.237. The van der Waals surface area contributed by atoms with Crippen LogP contribution in [-0.4, -0.2) is 11.7 Å². The molecule has 3 heterocycles. The van der Waals surface area contributed by atoms with Crippen LogP contribution in [0.3, 0.4) is 0 Å². The van der Waals surface area contributed by atoms with Crippen molar-refractivity contribution in [3.8, 4) is 19.5 Å². The summed E-state index contributed by atoms with van der Waals surface area (Å²) in [6.45, 7) is 4.90. The lowest BCUT2D eigenvalue weighted by molar-refractivity contribution is 0.282. The first-order chi connectivity index (χ1) is 14.7. The Kier molecular flexibility index (Phi) is 10.1. The summed E-state index contributed by atoms with van der Waals surface area (Å²) >= 11 is 5.89. The molecule has 0 bridgehead atoms. The highest BCUT2D eigenvalue weighted by molar-refractivity contribution is 7.26. The molecule has 1 unspecified atom stereocenters. The van der Waals surface area contributed by atoms with Crippen LogP contribution in [0.1, 0.15) is 87.3 Å². The Morgan fingerprint density at radius 2 is 1.37 bits per heavy atom. The zero-order chi connectivity index (χ0) is 21.2. The second kappa shape index (κ2) is 12.8. The molecule has 3 rings (SSSR count). The van der Waals surface area contributed by atoms with E-state index in [-0.39, 0.29) is 0 Å². The number of aliphatic hydroxyl groups excluding tert-OH is 1. The molecule has 0 radical (unpaired) electrons. The lowest BCUT2D eigenvalue weighted by Crippen LogP contribution is -1.95. The van der Waals surface area contributed by atoms with E-state index in [0.29, 0.717) is 12.5 Å². The van der Waals surface area contributed by atoms with Crippen molar-refractivity contribution >= 4 is 34.0 Å². The Balaban J connectivity index is 1.60. The van der Waals surface area contributed by atoms with E-state index in [9.17, 15) is 0 Å². The zero-order valence-corrected chi connectivity index (χ0v) is 20.9. The predicted molar refractivity (Wildman–Crippen MR) is 137 cm³/mol. The summed E-state index contributed by atoms with van der Waals surface area (Å²) < 4.78 is 0. The molecular formula is C26H36OS3. The van der Waals surface area contributed by atoms with Crippen molar-refractivity contribution < 1.29 is 5.11 Å². The molecule has 0 aromatic carbocycles. The van der Waals surface area contributed by atoms with Gasteiger partial charge in [-0.05, 0) is 74.4 Å². The van der Waals surface area contributed by atoms with E-state index < -0.39 is 0 Å². The number of rotatable bonds is 14. The lowest BCUT2D eigenvalue weighted by atomic mass is 9.97. The standard InChI is InChI=1S/C26H36OS3/c1-3-5-6-9-12-21-13-14-23(28-21)24-17-18-26(30-24)25-16-15-22(29-25)20(4-2)11-8-7-10-19-27/h13-18,20,27H,3-12,19H2,1-2H3. The first-order valence-corrected chi connectivity index (χ1v) is 14.1. The van der Waals surface area contributed by atoms with Crippen molar-refractivity contribution in [1.29, 1.82) is 0 Å². The highest BCUT2D eigenvalue weighted by Crippen LogP contribution is 2.42. The van der Waals surface area contributed by atoms with E-state index in [1.807, 2.05) is 34.0 Å². The van der Waals surface area contributed by atoms with E-state index in [4.69, 9.17) is 5.11 Å². The molecule has 3 aromatic heterocycles. The summed E-state index contributed by atoms with van der Waals surface area (Å²) in [5.74, 6) is 0.662. The fraction of sp³-hybridized carbons (Fsp3) is 0.538. The van der Waals surface area contributed by atoms with E-state index in [2.05, 4.69) is 50.2 Å². The van der Waals surface area contributed by atoms with Gasteiger partial charge >= 0.3 is 0 Å². The topological polar surface area (TPSA) is 20.2 Å². The summed E-state index contributed by atoms with van der Waals surface area (Å²) in [6, 6.07) is 13.9. The Morgan fingerprint density at radius 1 is 0.700 bits per heavy atom. The SMILES string of the molecule is CCCCCCc1ccc(-c2ccc(-c3ccc(C(CC)CCCCCO)s3)s2)s1. The third kappa shape index (κ3) is 6.78. The monoisotopic (exact) mass is 460 g/mol. The van der Waals surface area contributed by atoms with Gasteiger partial charge in [-0.25, -0.2) is 0 Å². The maximum Gasteiger partial charge on any atom is 0.0449 e. The van der Waals surface area contributed by atoms with Gasteiger partial charge in [0.25, 0.3) is 0 Å². The van der Waals surface area contributed by atoms with E-state index in [0.717, 1.165) is 12.8 Å². The number of unbranched alkanes of at least 4 members (excludes halogenated alkanes) is 5. The van der Waals surface area contributed by atoms with Gasteiger partial charge in [-0.15, -0.1) is 34.0 Å². The van der Waals surface area contributed by atoms with E-state index >= 15 is 0 Å². The molecule has 1 N–H and O–H groups in total. The predicted octanol–water partition coefficient (Wildman–Crippen LogP) is 9.37. The van der Waals surface area contributed by atoms with Gasteiger partial charge in [0.15, 0.2) is 0 Å². The van der Waals surface area contributed by atoms with Crippen LogP contribution in [0.5, 0.6) is 0 Å². The minimum Gasteiger partial charge on any atom is -0.396 e. The van der Waals surface area contributed by atoms with Gasteiger partial charge in [-0.2, -0.15) is 0 Å². The van der Waals surface area contributed by atoms with Crippen LogP contribution in [0.25, 0.3) is 19.5 Å². The molecule has 0 fully saturated rings. The van der Waals surface area contributed by atoms with Crippen LogP contribution in [0, 0.1) is 0 Å². The number of hydrogen-bond donors (Lipinski definition) is 1. The Bertz CT molecular complexity index is 857. The fourth-order valence-corrected chi connectivity index (χ4v) is 7.37. The summed E-state index contributed by atoms with van der Waals surface area (Å²) in [5.41, 5.74) is 0. The summed E-state index contributed by atoms with van der Waals surface area (Å²) in [5, 5.41) is 8.98. The number of aliphatic hydroxyl groups is 1. The molecule has 0 saturated heterocycles.